The van der Waals surface area contributed by atoms with Gasteiger partial charge in [0, 0.05) is 26.2 Å². The zero-order valence-electron chi connectivity index (χ0n) is 11.9. The highest BCUT2D eigenvalue weighted by Gasteiger charge is 2.18. The molecule has 4 nitrogen and oxygen atoms in total. The summed E-state index contributed by atoms with van der Waals surface area (Å²) >= 11 is 0. The number of rotatable bonds is 11. The number of ether oxygens (including phenoxy) is 4. The van der Waals surface area contributed by atoms with Crippen molar-refractivity contribution in [2.24, 2.45) is 5.92 Å². The predicted octanol–water partition coefficient (Wildman–Crippen LogP) is 2.81. The molecule has 17 heavy (non-hydrogen) atoms. The van der Waals surface area contributed by atoms with Crippen molar-refractivity contribution >= 4 is 0 Å². The molecule has 0 aromatic heterocycles. The first-order valence-corrected chi connectivity index (χ1v) is 6.60. The topological polar surface area (TPSA) is 36.9 Å². The van der Waals surface area contributed by atoms with Gasteiger partial charge < -0.3 is 18.9 Å². The second-order valence-corrected chi connectivity index (χ2v) is 4.19. The molecule has 0 amide bonds. The molecule has 0 aliphatic rings. The molecule has 0 aliphatic heterocycles. The van der Waals surface area contributed by atoms with Crippen molar-refractivity contribution in [3.63, 3.8) is 0 Å². The molecule has 0 saturated heterocycles. The van der Waals surface area contributed by atoms with Crippen LogP contribution in [0.4, 0.5) is 0 Å². The fourth-order valence-corrected chi connectivity index (χ4v) is 1.38. The number of hydrogen-bond donors (Lipinski definition) is 0. The van der Waals surface area contributed by atoms with Gasteiger partial charge in [-0.25, -0.2) is 0 Å². The third-order valence-corrected chi connectivity index (χ3v) is 2.06. The summed E-state index contributed by atoms with van der Waals surface area (Å²) in [5.41, 5.74) is 0. The van der Waals surface area contributed by atoms with Gasteiger partial charge in [0.2, 0.25) is 0 Å². The average Bonchev–Trinajstić information content (AvgIpc) is 2.27. The molecular formula is C13H28O4. The summed E-state index contributed by atoms with van der Waals surface area (Å²) in [5.74, 6) is 0.496. The van der Waals surface area contributed by atoms with Crippen LogP contribution >= 0.6 is 0 Å². The second kappa shape index (κ2) is 11.0. The minimum Gasteiger partial charge on any atom is -0.353 e. The Labute approximate surface area is 106 Å². The lowest BCUT2D eigenvalue weighted by Crippen LogP contribution is -2.29. The Hall–Kier alpha value is -0.160. The normalized spacial score (nSPS) is 13.6. The van der Waals surface area contributed by atoms with Crippen molar-refractivity contribution in [2.75, 3.05) is 26.4 Å². The standard InChI is InChI=1S/C13H28O4/c1-6-14-12(15-7-2)9-13(16-8-3)17-10-11(4)5/h11-13H,6-10H2,1-5H3/t13-/m1/s1. The Morgan fingerprint density at radius 3 is 1.47 bits per heavy atom. The highest BCUT2D eigenvalue weighted by molar-refractivity contribution is 4.53. The van der Waals surface area contributed by atoms with Gasteiger partial charge in [-0.15, -0.1) is 0 Å². The van der Waals surface area contributed by atoms with Gasteiger partial charge in [0.05, 0.1) is 6.61 Å². The smallest absolute Gasteiger partial charge is 0.162 e. The highest BCUT2D eigenvalue weighted by Crippen LogP contribution is 2.11. The summed E-state index contributed by atoms with van der Waals surface area (Å²) in [5, 5.41) is 0. The summed E-state index contributed by atoms with van der Waals surface area (Å²) < 4.78 is 22.2. The summed E-state index contributed by atoms with van der Waals surface area (Å²) in [4.78, 5) is 0. The maximum absolute atomic E-state index is 5.68. The van der Waals surface area contributed by atoms with Crippen molar-refractivity contribution in [3.05, 3.63) is 0 Å². The molecule has 0 bridgehead atoms. The first-order chi connectivity index (χ1) is 8.13. The van der Waals surface area contributed by atoms with Crippen LogP contribution in [0, 0.1) is 5.92 Å². The molecule has 0 aromatic carbocycles. The fourth-order valence-electron chi connectivity index (χ4n) is 1.38. The predicted molar refractivity (Wildman–Crippen MR) is 67.9 cm³/mol. The van der Waals surface area contributed by atoms with E-state index in [4.69, 9.17) is 18.9 Å². The first-order valence-electron chi connectivity index (χ1n) is 6.60. The Balaban J connectivity index is 4.07. The summed E-state index contributed by atoms with van der Waals surface area (Å²) in [6, 6.07) is 0. The highest BCUT2D eigenvalue weighted by atomic mass is 16.7. The molecule has 0 heterocycles. The van der Waals surface area contributed by atoms with E-state index in [-0.39, 0.29) is 12.6 Å². The van der Waals surface area contributed by atoms with Crippen molar-refractivity contribution in [3.8, 4) is 0 Å². The van der Waals surface area contributed by atoms with E-state index in [2.05, 4.69) is 13.8 Å². The molecular weight excluding hydrogens is 220 g/mol. The van der Waals surface area contributed by atoms with Crippen molar-refractivity contribution < 1.29 is 18.9 Å². The molecule has 0 spiro atoms. The quantitative estimate of drug-likeness (QED) is 0.527. The summed E-state index contributed by atoms with van der Waals surface area (Å²) in [7, 11) is 0. The van der Waals surface area contributed by atoms with E-state index in [1.165, 1.54) is 0 Å². The van der Waals surface area contributed by atoms with Crippen molar-refractivity contribution in [1.82, 2.24) is 0 Å². The van der Waals surface area contributed by atoms with E-state index in [9.17, 15) is 0 Å². The van der Waals surface area contributed by atoms with Crippen LogP contribution in [-0.2, 0) is 18.9 Å². The van der Waals surface area contributed by atoms with E-state index < -0.39 is 0 Å². The molecule has 0 N–H and O–H groups in total. The van der Waals surface area contributed by atoms with Gasteiger partial charge in [0.15, 0.2) is 12.6 Å². The molecule has 0 aromatic rings. The maximum atomic E-state index is 5.68. The summed E-state index contributed by atoms with van der Waals surface area (Å²) in [6.07, 6.45) is 0.126. The molecule has 4 heteroatoms. The van der Waals surface area contributed by atoms with Gasteiger partial charge in [-0.3, -0.25) is 0 Å². The van der Waals surface area contributed by atoms with Gasteiger partial charge in [-0.1, -0.05) is 13.8 Å². The van der Waals surface area contributed by atoms with Crippen LogP contribution in [0.5, 0.6) is 0 Å². The van der Waals surface area contributed by atoms with Crippen LogP contribution < -0.4 is 0 Å². The van der Waals surface area contributed by atoms with Gasteiger partial charge in [0.25, 0.3) is 0 Å². The Kier molecular flexibility index (Phi) is 10.9. The fraction of sp³-hybridized carbons (Fsp3) is 1.00. The number of hydrogen-bond acceptors (Lipinski definition) is 4. The largest absolute Gasteiger partial charge is 0.353 e. The van der Waals surface area contributed by atoms with E-state index >= 15 is 0 Å². The monoisotopic (exact) mass is 248 g/mol. The van der Waals surface area contributed by atoms with Crippen molar-refractivity contribution in [1.29, 1.82) is 0 Å². The lowest BCUT2D eigenvalue weighted by molar-refractivity contribution is -0.211. The van der Waals surface area contributed by atoms with Gasteiger partial charge in [-0.05, 0) is 26.7 Å². The van der Waals surface area contributed by atoms with Crippen LogP contribution in [0.15, 0.2) is 0 Å². The van der Waals surface area contributed by atoms with Crippen LogP contribution in [-0.4, -0.2) is 39.0 Å². The molecule has 0 fully saturated rings. The summed E-state index contributed by atoms with van der Waals surface area (Å²) in [6.45, 7) is 12.7. The second-order valence-electron chi connectivity index (χ2n) is 4.19. The van der Waals surface area contributed by atoms with Crippen molar-refractivity contribution in [2.45, 2.75) is 53.6 Å². The third kappa shape index (κ3) is 9.53. The minimum absolute atomic E-state index is 0.242. The van der Waals surface area contributed by atoms with Crippen LogP contribution in [0.25, 0.3) is 0 Å². The minimum atomic E-state index is -0.245. The Bertz CT molecular complexity index is 155. The van der Waals surface area contributed by atoms with Crippen LogP contribution in [0.3, 0.4) is 0 Å². The molecule has 0 aliphatic carbocycles. The molecule has 104 valence electrons. The third-order valence-electron chi connectivity index (χ3n) is 2.06. The van der Waals surface area contributed by atoms with Gasteiger partial charge in [-0.2, -0.15) is 0 Å². The maximum Gasteiger partial charge on any atom is 0.162 e. The zero-order chi connectivity index (χ0) is 13.1. The molecule has 0 radical (unpaired) electrons. The zero-order valence-corrected chi connectivity index (χ0v) is 11.9. The molecule has 1 atom stereocenters. The molecule has 0 unspecified atom stereocenters. The van der Waals surface area contributed by atoms with Gasteiger partial charge >= 0.3 is 0 Å². The Morgan fingerprint density at radius 2 is 1.12 bits per heavy atom. The lowest BCUT2D eigenvalue weighted by atomic mass is 10.2. The lowest BCUT2D eigenvalue weighted by Gasteiger charge is -2.24. The van der Waals surface area contributed by atoms with E-state index in [0.717, 1.165) is 0 Å². The molecule has 0 rings (SSSR count). The first kappa shape index (κ1) is 16.8. The van der Waals surface area contributed by atoms with E-state index in [1.54, 1.807) is 0 Å². The van der Waals surface area contributed by atoms with E-state index in [1.807, 2.05) is 20.8 Å². The van der Waals surface area contributed by atoms with Crippen LogP contribution in [0.1, 0.15) is 41.0 Å². The Morgan fingerprint density at radius 1 is 0.706 bits per heavy atom. The molecule has 0 saturated carbocycles. The van der Waals surface area contributed by atoms with Gasteiger partial charge in [0.1, 0.15) is 0 Å². The van der Waals surface area contributed by atoms with E-state index in [0.29, 0.717) is 38.8 Å². The SMILES string of the molecule is CCOC(C[C@H](OCC)OCC(C)C)OCC. The van der Waals surface area contributed by atoms with Crippen LogP contribution in [0.2, 0.25) is 0 Å². The average molecular weight is 248 g/mol.